The van der Waals surface area contributed by atoms with E-state index in [-0.39, 0.29) is 46.5 Å². The van der Waals surface area contributed by atoms with Crippen LogP contribution in [0.5, 0.6) is 5.75 Å². The Labute approximate surface area is 187 Å². The fraction of sp³-hybridized carbons (Fsp3) is 0.130. The van der Waals surface area contributed by atoms with Crippen molar-refractivity contribution in [3.63, 3.8) is 0 Å². The number of allylic oxidation sites excluding steroid dienone is 4. The second kappa shape index (κ2) is 9.62. The summed E-state index contributed by atoms with van der Waals surface area (Å²) in [6, 6.07) is 20.4. The second-order valence-electron chi connectivity index (χ2n) is 6.42. The van der Waals surface area contributed by atoms with E-state index < -0.39 is 0 Å². The summed E-state index contributed by atoms with van der Waals surface area (Å²) < 4.78 is 0. The van der Waals surface area contributed by atoms with Crippen molar-refractivity contribution in [2.75, 3.05) is 0 Å². The Morgan fingerprint density at radius 1 is 0.778 bits per heavy atom. The molecule has 1 N–H and O–H groups in total. The molecule has 0 amide bonds. The van der Waals surface area contributed by atoms with E-state index in [0.29, 0.717) is 5.75 Å². The molecule has 0 saturated heterocycles. The largest absolute Gasteiger partial charge is 0.507 e. The smallest absolute Gasteiger partial charge is 0.123 e. The summed E-state index contributed by atoms with van der Waals surface area (Å²) in [6.45, 7) is 4.36. The molecule has 4 rings (SSSR count). The molecule has 138 valence electrons. The van der Waals surface area contributed by atoms with Gasteiger partial charge in [0.05, 0.1) is 0 Å². The van der Waals surface area contributed by atoms with Crippen molar-refractivity contribution in [2.24, 2.45) is 0 Å². The first-order valence-electron chi connectivity index (χ1n) is 8.34. The van der Waals surface area contributed by atoms with Gasteiger partial charge in [0, 0.05) is 32.8 Å². The molecule has 0 unspecified atom stereocenters. The standard InChI is InChI=1S/C23H20O.2ClH.Ti/c1-15-11-13-18(16(15)2)20-14-12-17-7-3-4-8-19(17)23(20)21-9-5-6-10-22(21)24;;;/h3-12,14,24H,13H2,1-2H3;2*1H;. The molecule has 0 radical (unpaired) electrons. The van der Waals surface area contributed by atoms with E-state index in [2.05, 4.69) is 56.3 Å². The Balaban J connectivity index is 0.00000121. The summed E-state index contributed by atoms with van der Waals surface area (Å²) in [5.41, 5.74) is 7.30. The molecule has 0 spiro atoms. The number of phenols is 1. The van der Waals surface area contributed by atoms with Gasteiger partial charge in [0.25, 0.3) is 0 Å². The van der Waals surface area contributed by atoms with Crippen LogP contribution in [0.2, 0.25) is 0 Å². The molecule has 0 aliphatic heterocycles. The van der Waals surface area contributed by atoms with Gasteiger partial charge in [-0.15, -0.1) is 24.8 Å². The van der Waals surface area contributed by atoms with Gasteiger partial charge in [-0.2, -0.15) is 0 Å². The molecule has 0 aromatic heterocycles. The maximum Gasteiger partial charge on any atom is 0.123 e. The third-order valence-corrected chi connectivity index (χ3v) is 5.08. The third-order valence-electron chi connectivity index (χ3n) is 5.08. The number of fused-ring (bicyclic) bond motifs is 1. The number of hydrogen-bond acceptors (Lipinski definition) is 1. The zero-order valence-corrected chi connectivity index (χ0v) is 18.5. The summed E-state index contributed by atoms with van der Waals surface area (Å²) in [6.07, 6.45) is 3.24. The van der Waals surface area contributed by atoms with Gasteiger partial charge in [0.1, 0.15) is 5.75 Å². The second-order valence-corrected chi connectivity index (χ2v) is 6.42. The van der Waals surface area contributed by atoms with E-state index in [1.807, 2.05) is 18.2 Å². The van der Waals surface area contributed by atoms with Crippen LogP contribution in [0.3, 0.4) is 0 Å². The summed E-state index contributed by atoms with van der Waals surface area (Å²) in [4.78, 5) is 0. The first kappa shape index (κ1) is 23.5. The Hall–Kier alpha value is -1.51. The van der Waals surface area contributed by atoms with Crippen molar-refractivity contribution >= 4 is 41.2 Å². The van der Waals surface area contributed by atoms with Crippen molar-refractivity contribution in [3.8, 4) is 16.9 Å². The SMILES string of the molecule is CC1=CCC(c2ccc3ccccc3c2-c2ccccc2O)=C1C.Cl.Cl.[Ti]. The van der Waals surface area contributed by atoms with Crippen molar-refractivity contribution in [1.29, 1.82) is 0 Å². The van der Waals surface area contributed by atoms with Crippen LogP contribution in [0, 0.1) is 0 Å². The molecule has 0 atom stereocenters. The van der Waals surface area contributed by atoms with Gasteiger partial charge < -0.3 is 5.11 Å². The van der Waals surface area contributed by atoms with Crippen LogP contribution in [0.25, 0.3) is 27.5 Å². The van der Waals surface area contributed by atoms with E-state index in [9.17, 15) is 5.11 Å². The molecule has 1 nitrogen and oxygen atoms in total. The molecule has 27 heavy (non-hydrogen) atoms. The molecule has 3 aromatic carbocycles. The summed E-state index contributed by atoms with van der Waals surface area (Å²) in [7, 11) is 0. The normalized spacial score (nSPS) is 12.7. The van der Waals surface area contributed by atoms with Crippen LogP contribution in [-0.2, 0) is 21.7 Å². The monoisotopic (exact) mass is 432 g/mol. The van der Waals surface area contributed by atoms with Gasteiger partial charge in [0.15, 0.2) is 0 Å². The van der Waals surface area contributed by atoms with Crippen LogP contribution >= 0.6 is 24.8 Å². The number of phenolic OH excluding ortho intramolecular Hbond substituents is 1. The average molecular weight is 433 g/mol. The van der Waals surface area contributed by atoms with E-state index in [0.717, 1.165) is 17.5 Å². The number of aromatic hydroxyl groups is 1. The molecule has 3 aromatic rings. The van der Waals surface area contributed by atoms with Gasteiger partial charge in [-0.1, -0.05) is 66.2 Å². The zero-order chi connectivity index (χ0) is 16.7. The van der Waals surface area contributed by atoms with Crippen LogP contribution in [0.4, 0.5) is 0 Å². The minimum atomic E-state index is 0. The predicted octanol–water partition coefficient (Wildman–Crippen LogP) is 7.18. The van der Waals surface area contributed by atoms with Crippen molar-refractivity contribution in [1.82, 2.24) is 0 Å². The topological polar surface area (TPSA) is 20.2 Å². The first-order valence-corrected chi connectivity index (χ1v) is 8.34. The van der Waals surface area contributed by atoms with Crippen LogP contribution < -0.4 is 0 Å². The summed E-state index contributed by atoms with van der Waals surface area (Å²) in [5.74, 6) is 0.330. The van der Waals surface area contributed by atoms with Gasteiger partial charge >= 0.3 is 0 Å². The minimum absolute atomic E-state index is 0. The summed E-state index contributed by atoms with van der Waals surface area (Å²) in [5, 5.41) is 12.9. The number of halogens is 2. The Morgan fingerprint density at radius 2 is 1.44 bits per heavy atom. The molecule has 4 heteroatoms. The maximum atomic E-state index is 10.5. The zero-order valence-electron chi connectivity index (χ0n) is 15.3. The molecule has 1 aliphatic carbocycles. The Morgan fingerprint density at radius 3 is 2.11 bits per heavy atom. The number of rotatable bonds is 2. The molecule has 0 bridgehead atoms. The number of hydrogen-bond donors (Lipinski definition) is 1. The molecular weight excluding hydrogens is 411 g/mol. The van der Waals surface area contributed by atoms with Crippen LogP contribution in [0.1, 0.15) is 25.8 Å². The number of para-hydroxylation sites is 1. The maximum absolute atomic E-state index is 10.5. The quantitative estimate of drug-likeness (QED) is 0.425. The van der Waals surface area contributed by atoms with Crippen molar-refractivity contribution in [3.05, 3.63) is 83.4 Å². The Kier molecular flexibility index (Phi) is 8.38. The van der Waals surface area contributed by atoms with Gasteiger partial charge in [-0.25, -0.2) is 0 Å². The molecular formula is C23H22Cl2OTi. The fourth-order valence-electron chi connectivity index (χ4n) is 3.61. The Bertz CT molecular complexity index is 1020. The first-order chi connectivity index (χ1) is 11.7. The predicted molar refractivity (Wildman–Crippen MR) is 117 cm³/mol. The van der Waals surface area contributed by atoms with Crippen LogP contribution in [-0.4, -0.2) is 5.11 Å². The van der Waals surface area contributed by atoms with E-state index in [4.69, 9.17) is 0 Å². The van der Waals surface area contributed by atoms with Crippen molar-refractivity contribution in [2.45, 2.75) is 20.3 Å². The van der Waals surface area contributed by atoms with E-state index in [1.54, 1.807) is 6.07 Å². The molecule has 0 saturated carbocycles. The minimum Gasteiger partial charge on any atom is -0.507 e. The van der Waals surface area contributed by atoms with Crippen LogP contribution in [0.15, 0.2) is 77.9 Å². The van der Waals surface area contributed by atoms with Gasteiger partial charge in [-0.3, -0.25) is 0 Å². The third kappa shape index (κ3) is 4.17. The fourth-order valence-corrected chi connectivity index (χ4v) is 3.61. The van der Waals surface area contributed by atoms with Crippen molar-refractivity contribution < 1.29 is 26.8 Å². The molecule has 0 fully saturated rings. The average Bonchev–Trinajstić information content (AvgIpc) is 2.94. The number of benzene rings is 3. The molecule has 1 aliphatic rings. The van der Waals surface area contributed by atoms with Gasteiger partial charge in [-0.05, 0) is 53.8 Å². The van der Waals surface area contributed by atoms with E-state index >= 15 is 0 Å². The van der Waals surface area contributed by atoms with E-state index in [1.165, 1.54) is 33.1 Å². The molecule has 0 heterocycles. The van der Waals surface area contributed by atoms with Gasteiger partial charge in [0.2, 0.25) is 0 Å². The summed E-state index contributed by atoms with van der Waals surface area (Å²) >= 11 is 0.